The maximum absolute atomic E-state index is 12.1. The molecular formula is C13H16N2O. The summed E-state index contributed by atoms with van der Waals surface area (Å²) in [5.74, 6) is 0.127. The number of aromatic nitrogens is 1. The Morgan fingerprint density at radius 2 is 2.06 bits per heavy atom. The second-order valence-electron chi connectivity index (χ2n) is 4.39. The Labute approximate surface area is 95.8 Å². The van der Waals surface area contributed by atoms with E-state index in [2.05, 4.69) is 4.98 Å². The lowest BCUT2D eigenvalue weighted by Crippen LogP contribution is -2.18. The van der Waals surface area contributed by atoms with Gasteiger partial charge in [0.15, 0.2) is 5.78 Å². The van der Waals surface area contributed by atoms with Crippen molar-refractivity contribution in [3.8, 4) is 0 Å². The van der Waals surface area contributed by atoms with Crippen LogP contribution in [0.2, 0.25) is 0 Å². The van der Waals surface area contributed by atoms with Gasteiger partial charge >= 0.3 is 0 Å². The summed E-state index contributed by atoms with van der Waals surface area (Å²) in [7, 11) is 3.87. The van der Waals surface area contributed by atoms with E-state index in [0.717, 1.165) is 35.4 Å². The Morgan fingerprint density at radius 1 is 1.31 bits per heavy atom. The van der Waals surface area contributed by atoms with Gasteiger partial charge in [0, 0.05) is 37.1 Å². The molecule has 1 heterocycles. The summed E-state index contributed by atoms with van der Waals surface area (Å²) >= 11 is 0. The molecule has 1 aliphatic carbocycles. The third-order valence-electron chi connectivity index (χ3n) is 2.69. The van der Waals surface area contributed by atoms with Crippen molar-refractivity contribution in [1.82, 2.24) is 9.88 Å². The Bertz CT molecular complexity index is 461. The van der Waals surface area contributed by atoms with E-state index in [0.29, 0.717) is 0 Å². The zero-order valence-electron chi connectivity index (χ0n) is 9.95. The molecule has 0 fully saturated rings. The fraction of sp³-hybridized carbons (Fsp3) is 0.385. The molecule has 0 spiro atoms. The third kappa shape index (κ3) is 1.98. The van der Waals surface area contributed by atoms with E-state index >= 15 is 0 Å². The zero-order chi connectivity index (χ0) is 11.7. The highest BCUT2D eigenvalue weighted by Crippen LogP contribution is 2.24. The van der Waals surface area contributed by atoms with Gasteiger partial charge in [-0.25, -0.2) is 0 Å². The van der Waals surface area contributed by atoms with Crippen LogP contribution in [-0.2, 0) is 6.42 Å². The van der Waals surface area contributed by atoms with Crippen LogP contribution in [0.15, 0.2) is 23.9 Å². The van der Waals surface area contributed by atoms with Gasteiger partial charge < -0.3 is 4.90 Å². The smallest absolute Gasteiger partial charge is 0.192 e. The van der Waals surface area contributed by atoms with Gasteiger partial charge in [-0.15, -0.1) is 0 Å². The lowest BCUT2D eigenvalue weighted by atomic mass is 9.90. The summed E-state index contributed by atoms with van der Waals surface area (Å²) < 4.78 is 0. The quantitative estimate of drug-likeness (QED) is 0.673. The minimum Gasteiger partial charge on any atom is -0.383 e. The molecule has 0 aromatic carbocycles. The van der Waals surface area contributed by atoms with Crippen molar-refractivity contribution < 1.29 is 4.79 Å². The van der Waals surface area contributed by atoms with Crippen molar-refractivity contribution >= 4 is 5.78 Å². The maximum atomic E-state index is 12.1. The number of hydrogen-bond donors (Lipinski definition) is 0. The van der Waals surface area contributed by atoms with Gasteiger partial charge in [-0.1, -0.05) is 0 Å². The number of ketones is 1. The molecule has 1 aliphatic rings. The van der Waals surface area contributed by atoms with Gasteiger partial charge in [-0.05, 0) is 31.9 Å². The summed E-state index contributed by atoms with van der Waals surface area (Å²) in [6, 6.07) is 3.79. The van der Waals surface area contributed by atoms with Crippen LogP contribution in [0.25, 0.3) is 0 Å². The molecule has 3 heteroatoms. The van der Waals surface area contributed by atoms with Crippen LogP contribution in [-0.4, -0.2) is 29.8 Å². The third-order valence-corrected chi connectivity index (χ3v) is 2.69. The predicted octanol–water partition coefficient (Wildman–Crippen LogP) is 1.96. The largest absolute Gasteiger partial charge is 0.383 e. The van der Waals surface area contributed by atoms with E-state index in [1.54, 1.807) is 0 Å². The number of nitrogens with zero attached hydrogens (tertiary/aromatic N) is 2. The number of Topliss-reactive ketones (excluding diaryl/α,β-unsaturated/α-hetero) is 1. The van der Waals surface area contributed by atoms with E-state index in [-0.39, 0.29) is 5.78 Å². The van der Waals surface area contributed by atoms with Crippen LogP contribution >= 0.6 is 0 Å². The highest BCUT2D eigenvalue weighted by atomic mass is 16.1. The average Bonchev–Trinajstić information content (AvgIpc) is 2.22. The van der Waals surface area contributed by atoms with Crippen molar-refractivity contribution in [3.05, 3.63) is 40.9 Å². The van der Waals surface area contributed by atoms with Crippen LogP contribution in [0.3, 0.4) is 0 Å². The van der Waals surface area contributed by atoms with Crippen molar-refractivity contribution in [3.63, 3.8) is 0 Å². The van der Waals surface area contributed by atoms with Gasteiger partial charge in [0.2, 0.25) is 0 Å². The van der Waals surface area contributed by atoms with Crippen LogP contribution in [0.1, 0.15) is 28.2 Å². The number of hydrogen-bond acceptors (Lipinski definition) is 3. The first-order valence-electron chi connectivity index (χ1n) is 5.46. The molecule has 3 nitrogen and oxygen atoms in total. The summed E-state index contributed by atoms with van der Waals surface area (Å²) in [6.07, 6.45) is 3.56. The standard InChI is InChI=1S/C13H16N2O/c1-9-4-6-11-12(14-9)7-5-10(13(11)16)8-15(2)3/h4,6,8H,5,7H2,1-3H3/b10-8+. The lowest BCUT2D eigenvalue weighted by Gasteiger charge is -2.18. The molecule has 0 aliphatic heterocycles. The number of aryl methyl sites for hydroxylation is 2. The number of pyridine rings is 1. The van der Waals surface area contributed by atoms with Crippen LogP contribution in [0.5, 0.6) is 0 Å². The summed E-state index contributed by atoms with van der Waals surface area (Å²) in [5, 5.41) is 0. The SMILES string of the molecule is Cc1ccc2c(n1)CC/C(=C\N(C)C)C2=O. The van der Waals surface area contributed by atoms with E-state index in [1.807, 2.05) is 44.3 Å². The molecule has 16 heavy (non-hydrogen) atoms. The molecule has 0 saturated carbocycles. The number of allylic oxidation sites excluding steroid dienone is 1. The first kappa shape index (κ1) is 10.9. The first-order chi connectivity index (χ1) is 7.58. The average molecular weight is 216 g/mol. The zero-order valence-corrected chi connectivity index (χ0v) is 9.95. The fourth-order valence-corrected chi connectivity index (χ4v) is 1.98. The van der Waals surface area contributed by atoms with E-state index in [1.165, 1.54) is 0 Å². The normalized spacial score (nSPS) is 17.4. The molecule has 0 bridgehead atoms. The molecule has 1 aromatic heterocycles. The minimum atomic E-state index is 0.127. The van der Waals surface area contributed by atoms with Crippen molar-refractivity contribution in [2.75, 3.05) is 14.1 Å². The van der Waals surface area contributed by atoms with Gasteiger partial charge in [-0.2, -0.15) is 0 Å². The monoisotopic (exact) mass is 216 g/mol. The topological polar surface area (TPSA) is 33.2 Å². The lowest BCUT2D eigenvalue weighted by molar-refractivity contribution is 0.102. The van der Waals surface area contributed by atoms with Crippen molar-refractivity contribution in [2.24, 2.45) is 0 Å². The highest BCUT2D eigenvalue weighted by Gasteiger charge is 2.22. The molecule has 0 saturated heterocycles. The molecule has 2 rings (SSSR count). The maximum Gasteiger partial charge on any atom is 0.192 e. The summed E-state index contributed by atoms with van der Waals surface area (Å²) in [5.41, 5.74) is 3.57. The molecule has 0 N–H and O–H groups in total. The minimum absolute atomic E-state index is 0.127. The Morgan fingerprint density at radius 3 is 2.75 bits per heavy atom. The van der Waals surface area contributed by atoms with Gasteiger partial charge in [0.1, 0.15) is 0 Å². The number of fused-ring (bicyclic) bond motifs is 1. The number of carbonyl (C=O) groups excluding carboxylic acids is 1. The Kier molecular flexibility index (Phi) is 2.77. The molecule has 0 radical (unpaired) electrons. The molecule has 0 atom stereocenters. The van der Waals surface area contributed by atoms with Crippen LogP contribution in [0, 0.1) is 6.92 Å². The molecule has 0 amide bonds. The predicted molar refractivity (Wildman–Crippen MR) is 63.4 cm³/mol. The summed E-state index contributed by atoms with van der Waals surface area (Å²) in [4.78, 5) is 18.5. The van der Waals surface area contributed by atoms with Gasteiger partial charge in [0.25, 0.3) is 0 Å². The van der Waals surface area contributed by atoms with Crippen molar-refractivity contribution in [1.29, 1.82) is 0 Å². The van der Waals surface area contributed by atoms with E-state index < -0.39 is 0 Å². The molecular weight excluding hydrogens is 200 g/mol. The van der Waals surface area contributed by atoms with Crippen LogP contribution in [0.4, 0.5) is 0 Å². The number of rotatable bonds is 1. The highest BCUT2D eigenvalue weighted by molar-refractivity contribution is 6.10. The van der Waals surface area contributed by atoms with E-state index in [9.17, 15) is 4.79 Å². The molecule has 1 aromatic rings. The second kappa shape index (κ2) is 4.08. The van der Waals surface area contributed by atoms with Crippen molar-refractivity contribution in [2.45, 2.75) is 19.8 Å². The van der Waals surface area contributed by atoms with Gasteiger partial charge in [-0.3, -0.25) is 9.78 Å². The Hall–Kier alpha value is -1.64. The number of carbonyl (C=O) groups is 1. The second-order valence-corrected chi connectivity index (χ2v) is 4.39. The van der Waals surface area contributed by atoms with Crippen LogP contribution < -0.4 is 0 Å². The van der Waals surface area contributed by atoms with Gasteiger partial charge in [0.05, 0.1) is 5.69 Å². The Balaban J connectivity index is 2.40. The fourth-order valence-electron chi connectivity index (χ4n) is 1.98. The molecule has 0 unspecified atom stereocenters. The van der Waals surface area contributed by atoms with E-state index in [4.69, 9.17) is 0 Å². The summed E-state index contributed by atoms with van der Waals surface area (Å²) in [6.45, 7) is 1.95. The molecule has 84 valence electrons. The first-order valence-corrected chi connectivity index (χ1v) is 5.46.